The standard InChI is InChI=1S/C15H20N2O2/c1-10(2)14-5-4-11(3)6-15(14)18-9-13-7-12(8-16)17-19-13/h4-7,10H,8-9,16H2,1-3H3. The summed E-state index contributed by atoms with van der Waals surface area (Å²) < 4.78 is 11.0. The van der Waals surface area contributed by atoms with Crippen LogP contribution in [0.5, 0.6) is 5.75 Å². The van der Waals surface area contributed by atoms with E-state index in [1.54, 1.807) is 0 Å². The summed E-state index contributed by atoms with van der Waals surface area (Å²) in [5.74, 6) is 2.02. The van der Waals surface area contributed by atoms with Crippen LogP contribution in [0.2, 0.25) is 0 Å². The van der Waals surface area contributed by atoms with Crippen molar-refractivity contribution in [2.24, 2.45) is 5.73 Å². The van der Waals surface area contributed by atoms with Crippen molar-refractivity contribution in [2.45, 2.75) is 39.8 Å². The lowest BCUT2D eigenvalue weighted by Gasteiger charge is -2.13. The summed E-state index contributed by atoms with van der Waals surface area (Å²) in [6.45, 7) is 7.11. The van der Waals surface area contributed by atoms with Crippen LogP contribution in [0.4, 0.5) is 0 Å². The minimum atomic E-state index is 0.371. The Morgan fingerprint density at radius 3 is 2.74 bits per heavy atom. The first-order valence-corrected chi connectivity index (χ1v) is 6.48. The lowest BCUT2D eigenvalue weighted by molar-refractivity contribution is 0.246. The van der Waals surface area contributed by atoms with Gasteiger partial charge in [-0.1, -0.05) is 31.1 Å². The highest BCUT2D eigenvalue weighted by atomic mass is 16.5. The second kappa shape index (κ2) is 5.89. The lowest BCUT2D eigenvalue weighted by atomic mass is 10.0. The van der Waals surface area contributed by atoms with Crippen LogP contribution in [0.25, 0.3) is 0 Å². The van der Waals surface area contributed by atoms with Crippen LogP contribution >= 0.6 is 0 Å². The quantitative estimate of drug-likeness (QED) is 0.897. The maximum absolute atomic E-state index is 5.85. The molecule has 0 bridgehead atoms. The highest BCUT2D eigenvalue weighted by Crippen LogP contribution is 2.28. The predicted octanol–water partition coefficient (Wildman–Crippen LogP) is 3.14. The van der Waals surface area contributed by atoms with Crippen LogP contribution in [0, 0.1) is 6.92 Å². The van der Waals surface area contributed by atoms with Gasteiger partial charge >= 0.3 is 0 Å². The summed E-state index contributed by atoms with van der Waals surface area (Å²) >= 11 is 0. The Hall–Kier alpha value is -1.81. The molecule has 0 aliphatic carbocycles. The number of hydrogen-bond donors (Lipinski definition) is 1. The summed E-state index contributed by atoms with van der Waals surface area (Å²) in [6.07, 6.45) is 0. The van der Waals surface area contributed by atoms with Crippen molar-refractivity contribution in [1.82, 2.24) is 5.16 Å². The van der Waals surface area contributed by atoms with Gasteiger partial charge in [0.25, 0.3) is 0 Å². The van der Waals surface area contributed by atoms with Gasteiger partial charge in [-0.15, -0.1) is 0 Å². The normalized spacial score (nSPS) is 11.0. The third kappa shape index (κ3) is 3.35. The van der Waals surface area contributed by atoms with Crippen LogP contribution in [-0.4, -0.2) is 5.16 Å². The van der Waals surface area contributed by atoms with Crippen molar-refractivity contribution >= 4 is 0 Å². The van der Waals surface area contributed by atoms with Gasteiger partial charge < -0.3 is 15.0 Å². The van der Waals surface area contributed by atoms with Gasteiger partial charge in [-0.25, -0.2) is 0 Å². The molecule has 102 valence electrons. The minimum Gasteiger partial charge on any atom is -0.485 e. The van der Waals surface area contributed by atoms with E-state index in [9.17, 15) is 0 Å². The molecule has 19 heavy (non-hydrogen) atoms. The number of hydrogen-bond acceptors (Lipinski definition) is 4. The number of nitrogens with zero attached hydrogens (tertiary/aromatic N) is 1. The van der Waals surface area contributed by atoms with Crippen molar-refractivity contribution in [3.63, 3.8) is 0 Å². The third-order valence-corrected chi connectivity index (χ3v) is 2.98. The summed E-state index contributed by atoms with van der Waals surface area (Å²) in [5.41, 5.74) is 8.61. The zero-order valence-electron chi connectivity index (χ0n) is 11.6. The minimum absolute atomic E-state index is 0.371. The molecule has 0 amide bonds. The fourth-order valence-corrected chi connectivity index (χ4v) is 1.91. The van der Waals surface area contributed by atoms with E-state index in [4.69, 9.17) is 15.0 Å². The van der Waals surface area contributed by atoms with Gasteiger partial charge in [-0.2, -0.15) is 0 Å². The molecule has 0 saturated carbocycles. The van der Waals surface area contributed by atoms with Gasteiger partial charge in [0.15, 0.2) is 5.76 Å². The number of rotatable bonds is 5. The molecular formula is C15H20N2O2. The van der Waals surface area contributed by atoms with Crippen LogP contribution in [-0.2, 0) is 13.2 Å². The monoisotopic (exact) mass is 260 g/mol. The number of aryl methyl sites for hydroxylation is 1. The number of nitrogens with two attached hydrogens (primary N) is 1. The van der Waals surface area contributed by atoms with Crippen molar-refractivity contribution in [1.29, 1.82) is 0 Å². The van der Waals surface area contributed by atoms with Crippen LogP contribution in [0.1, 0.15) is 42.3 Å². The van der Waals surface area contributed by atoms with Crippen molar-refractivity contribution in [2.75, 3.05) is 0 Å². The van der Waals surface area contributed by atoms with E-state index in [0.29, 0.717) is 24.8 Å². The molecule has 0 fully saturated rings. The molecule has 1 aromatic carbocycles. The molecule has 0 aliphatic rings. The first kappa shape index (κ1) is 13.6. The summed E-state index contributed by atoms with van der Waals surface area (Å²) in [6, 6.07) is 8.09. The molecule has 4 heteroatoms. The molecule has 2 aromatic rings. The van der Waals surface area contributed by atoms with Crippen LogP contribution in [0.3, 0.4) is 0 Å². The van der Waals surface area contributed by atoms with Crippen LogP contribution in [0.15, 0.2) is 28.8 Å². The average molecular weight is 260 g/mol. The molecule has 0 atom stereocenters. The highest BCUT2D eigenvalue weighted by Gasteiger charge is 2.10. The van der Waals surface area contributed by atoms with E-state index >= 15 is 0 Å². The van der Waals surface area contributed by atoms with E-state index in [-0.39, 0.29) is 0 Å². The number of ether oxygens (including phenoxy) is 1. The smallest absolute Gasteiger partial charge is 0.174 e. The first-order valence-electron chi connectivity index (χ1n) is 6.48. The molecule has 0 radical (unpaired) electrons. The third-order valence-electron chi connectivity index (χ3n) is 2.98. The van der Waals surface area contributed by atoms with Crippen molar-refractivity contribution < 1.29 is 9.26 Å². The SMILES string of the molecule is Cc1ccc(C(C)C)c(OCc2cc(CN)no2)c1. The Morgan fingerprint density at radius 2 is 2.11 bits per heavy atom. The van der Waals surface area contributed by atoms with Gasteiger partial charge in [0.2, 0.25) is 0 Å². The van der Waals surface area contributed by atoms with E-state index in [1.807, 2.05) is 6.07 Å². The molecule has 2 N–H and O–H groups in total. The molecule has 1 heterocycles. The number of aromatic nitrogens is 1. The van der Waals surface area contributed by atoms with Gasteiger partial charge in [-0.3, -0.25) is 0 Å². The summed E-state index contributed by atoms with van der Waals surface area (Å²) in [4.78, 5) is 0. The average Bonchev–Trinajstić information content (AvgIpc) is 2.84. The van der Waals surface area contributed by atoms with Gasteiger partial charge in [-0.05, 0) is 30.0 Å². The second-order valence-electron chi connectivity index (χ2n) is 4.97. The first-order chi connectivity index (χ1) is 9.10. The fourth-order valence-electron chi connectivity index (χ4n) is 1.91. The molecule has 0 unspecified atom stereocenters. The van der Waals surface area contributed by atoms with Crippen molar-refractivity contribution in [3.8, 4) is 5.75 Å². The molecule has 0 aliphatic heterocycles. The van der Waals surface area contributed by atoms with E-state index in [1.165, 1.54) is 11.1 Å². The topological polar surface area (TPSA) is 61.3 Å². The maximum Gasteiger partial charge on any atom is 0.174 e. The van der Waals surface area contributed by atoms with Crippen LogP contribution < -0.4 is 10.5 Å². The summed E-state index contributed by atoms with van der Waals surface area (Å²) in [5, 5.41) is 3.84. The van der Waals surface area contributed by atoms with Gasteiger partial charge in [0.1, 0.15) is 12.4 Å². The largest absolute Gasteiger partial charge is 0.485 e. The second-order valence-corrected chi connectivity index (χ2v) is 4.97. The molecule has 0 spiro atoms. The molecule has 4 nitrogen and oxygen atoms in total. The zero-order chi connectivity index (χ0) is 13.8. The Kier molecular flexibility index (Phi) is 4.22. The molecule has 2 rings (SSSR count). The van der Waals surface area contributed by atoms with Crippen molar-refractivity contribution in [3.05, 3.63) is 46.8 Å². The van der Waals surface area contributed by atoms with E-state index < -0.39 is 0 Å². The maximum atomic E-state index is 5.85. The summed E-state index contributed by atoms with van der Waals surface area (Å²) in [7, 11) is 0. The predicted molar refractivity (Wildman–Crippen MR) is 74.0 cm³/mol. The molecular weight excluding hydrogens is 240 g/mol. The molecule has 1 aromatic heterocycles. The Labute approximate surface area is 113 Å². The Bertz CT molecular complexity index is 547. The zero-order valence-corrected chi connectivity index (χ0v) is 11.6. The lowest BCUT2D eigenvalue weighted by Crippen LogP contribution is -2.00. The number of benzene rings is 1. The van der Waals surface area contributed by atoms with Gasteiger partial charge in [0, 0.05) is 12.6 Å². The Morgan fingerprint density at radius 1 is 1.32 bits per heavy atom. The highest BCUT2D eigenvalue weighted by molar-refractivity contribution is 5.39. The van der Waals surface area contributed by atoms with E-state index in [2.05, 4.69) is 44.1 Å². The molecule has 0 saturated heterocycles. The fraction of sp³-hybridized carbons (Fsp3) is 0.400. The van der Waals surface area contributed by atoms with E-state index in [0.717, 1.165) is 11.4 Å². The Balaban J connectivity index is 2.12. The van der Waals surface area contributed by atoms with Gasteiger partial charge in [0.05, 0.1) is 5.69 Å².